The van der Waals surface area contributed by atoms with Crippen LogP contribution in [0.2, 0.25) is 10.0 Å². The predicted molar refractivity (Wildman–Crippen MR) is 124 cm³/mol. The number of halogens is 2. The lowest BCUT2D eigenvalue weighted by Gasteiger charge is -2.04. The van der Waals surface area contributed by atoms with E-state index in [0.717, 1.165) is 16.8 Å². The number of aromatic carboxylic acids is 1. The number of hydrogen-bond donors (Lipinski definition) is 2. The number of fused-ring (bicyclic) bond motifs is 1. The summed E-state index contributed by atoms with van der Waals surface area (Å²) in [6.07, 6.45) is 0.650. The molecule has 0 aliphatic carbocycles. The maximum Gasteiger partial charge on any atom is 0.335 e. The van der Waals surface area contributed by atoms with Crippen molar-refractivity contribution in [3.05, 3.63) is 76.3 Å². The third kappa shape index (κ3) is 5.57. The number of aromatic nitrogens is 1. The molecule has 4 aromatic rings. The van der Waals surface area contributed by atoms with Gasteiger partial charge in [0.1, 0.15) is 22.9 Å². The van der Waals surface area contributed by atoms with Crippen molar-refractivity contribution >= 4 is 52.2 Å². The average molecular weight is 473 g/mol. The van der Waals surface area contributed by atoms with Crippen LogP contribution in [-0.4, -0.2) is 36.0 Å². The Balaban J connectivity index is 0.000000207. The number of oxazole rings is 1. The van der Waals surface area contributed by atoms with Crippen LogP contribution in [0.4, 0.5) is 5.69 Å². The molecule has 164 valence electrons. The van der Waals surface area contributed by atoms with Crippen molar-refractivity contribution in [1.29, 1.82) is 0 Å². The zero-order valence-corrected chi connectivity index (χ0v) is 18.4. The van der Waals surface area contributed by atoms with Crippen molar-refractivity contribution in [3.63, 3.8) is 0 Å². The van der Waals surface area contributed by atoms with Crippen LogP contribution in [0.15, 0.2) is 65.1 Å². The summed E-state index contributed by atoms with van der Waals surface area (Å²) >= 11 is 11.4. The van der Waals surface area contributed by atoms with E-state index < -0.39 is 5.97 Å². The Kier molecular flexibility index (Phi) is 7.70. The molecule has 0 unspecified atom stereocenters. The molecule has 0 aliphatic heterocycles. The van der Waals surface area contributed by atoms with Gasteiger partial charge < -0.3 is 19.6 Å². The molecule has 1 aromatic heterocycles. The highest BCUT2D eigenvalue weighted by atomic mass is 35.5. The van der Waals surface area contributed by atoms with Crippen molar-refractivity contribution in [2.24, 2.45) is 0 Å². The summed E-state index contributed by atoms with van der Waals surface area (Å²) in [7, 11) is 1.84. The Labute approximate surface area is 193 Å². The molecular weight excluding hydrogens is 455 g/mol. The number of nitrogens with one attached hydrogen (secondary N) is 1. The SMILES string of the molecule is CNc1ccc2oc(-c3ccc(C(=O)O)cc3)nc2c1.O=CCOc1cccc(Cl)c1Cl. The van der Waals surface area contributed by atoms with Crippen LogP contribution in [0.1, 0.15) is 10.4 Å². The fourth-order valence-corrected chi connectivity index (χ4v) is 3.03. The second-order valence-electron chi connectivity index (χ2n) is 6.36. The minimum absolute atomic E-state index is 0.0138. The summed E-state index contributed by atoms with van der Waals surface area (Å²) in [4.78, 5) is 25.2. The van der Waals surface area contributed by atoms with Gasteiger partial charge in [-0.3, -0.25) is 4.79 Å². The molecule has 0 amide bonds. The zero-order chi connectivity index (χ0) is 23.1. The number of nitrogens with zero attached hydrogens (tertiary/aromatic N) is 1. The lowest BCUT2D eigenvalue weighted by Crippen LogP contribution is -1.97. The average Bonchev–Trinajstić information content (AvgIpc) is 3.24. The first-order valence-corrected chi connectivity index (χ1v) is 10.1. The molecule has 7 nitrogen and oxygen atoms in total. The molecule has 0 saturated heterocycles. The lowest BCUT2D eigenvalue weighted by molar-refractivity contribution is -0.109. The number of ether oxygens (including phenoxy) is 1. The van der Waals surface area contributed by atoms with Gasteiger partial charge in [-0.25, -0.2) is 9.78 Å². The van der Waals surface area contributed by atoms with Crippen LogP contribution in [-0.2, 0) is 4.79 Å². The molecule has 0 bridgehead atoms. The summed E-state index contributed by atoms with van der Waals surface area (Å²) in [5, 5.41) is 12.7. The largest absolute Gasteiger partial charge is 0.485 e. The summed E-state index contributed by atoms with van der Waals surface area (Å²) < 4.78 is 10.6. The molecule has 0 fully saturated rings. The van der Waals surface area contributed by atoms with Crippen LogP contribution >= 0.6 is 23.2 Å². The number of carbonyl (C=O) groups is 2. The molecule has 0 aliphatic rings. The van der Waals surface area contributed by atoms with E-state index in [4.69, 9.17) is 37.5 Å². The highest BCUT2D eigenvalue weighted by Gasteiger charge is 2.10. The number of carbonyl (C=O) groups excluding carboxylic acids is 1. The molecule has 0 saturated carbocycles. The smallest absolute Gasteiger partial charge is 0.335 e. The van der Waals surface area contributed by atoms with E-state index in [-0.39, 0.29) is 12.2 Å². The van der Waals surface area contributed by atoms with Gasteiger partial charge in [0.2, 0.25) is 5.89 Å². The topological polar surface area (TPSA) is 102 Å². The Morgan fingerprint density at radius 3 is 2.56 bits per heavy atom. The van der Waals surface area contributed by atoms with Crippen molar-refractivity contribution < 1.29 is 23.8 Å². The monoisotopic (exact) mass is 472 g/mol. The first kappa shape index (κ1) is 23.1. The number of anilines is 1. The second kappa shape index (κ2) is 10.7. The van der Waals surface area contributed by atoms with E-state index in [1.165, 1.54) is 12.1 Å². The molecule has 2 N–H and O–H groups in total. The number of carboxylic acid groups (broad SMARTS) is 1. The van der Waals surface area contributed by atoms with Gasteiger partial charge in [-0.15, -0.1) is 0 Å². The van der Waals surface area contributed by atoms with Crippen LogP contribution in [0.25, 0.3) is 22.6 Å². The van der Waals surface area contributed by atoms with Crippen LogP contribution in [0.5, 0.6) is 5.75 Å². The quantitative estimate of drug-likeness (QED) is 0.341. The van der Waals surface area contributed by atoms with E-state index in [1.54, 1.807) is 30.3 Å². The van der Waals surface area contributed by atoms with E-state index in [1.807, 2.05) is 25.2 Å². The van der Waals surface area contributed by atoms with Gasteiger partial charge in [0.25, 0.3) is 0 Å². The summed E-state index contributed by atoms with van der Waals surface area (Å²) in [5.74, 6) is -0.0470. The lowest BCUT2D eigenvalue weighted by atomic mass is 10.1. The predicted octanol–water partition coefficient (Wildman–Crippen LogP) is 5.81. The van der Waals surface area contributed by atoms with Gasteiger partial charge in [-0.1, -0.05) is 29.3 Å². The second-order valence-corrected chi connectivity index (χ2v) is 7.15. The molecule has 3 aromatic carbocycles. The van der Waals surface area contributed by atoms with E-state index in [9.17, 15) is 9.59 Å². The fraction of sp³-hybridized carbons (Fsp3) is 0.0870. The van der Waals surface area contributed by atoms with E-state index in [2.05, 4.69) is 10.3 Å². The van der Waals surface area contributed by atoms with Gasteiger partial charge in [0, 0.05) is 18.3 Å². The number of carboxylic acids is 1. The minimum Gasteiger partial charge on any atom is -0.485 e. The number of rotatable bonds is 6. The summed E-state index contributed by atoms with van der Waals surface area (Å²) in [6, 6.07) is 17.1. The number of hydrogen-bond acceptors (Lipinski definition) is 6. The van der Waals surface area contributed by atoms with Crippen molar-refractivity contribution in [3.8, 4) is 17.2 Å². The molecule has 4 rings (SSSR count). The first-order valence-electron chi connectivity index (χ1n) is 9.35. The molecular formula is C23H18Cl2N2O5. The van der Waals surface area contributed by atoms with Gasteiger partial charge in [0.05, 0.1) is 10.6 Å². The Hall–Kier alpha value is -3.55. The molecule has 32 heavy (non-hydrogen) atoms. The van der Waals surface area contributed by atoms with Crippen molar-refractivity contribution in [2.45, 2.75) is 0 Å². The van der Waals surface area contributed by atoms with Crippen molar-refractivity contribution in [2.75, 3.05) is 19.0 Å². The van der Waals surface area contributed by atoms with Crippen LogP contribution in [0.3, 0.4) is 0 Å². The first-order chi connectivity index (χ1) is 15.4. The Bertz CT molecular complexity index is 1240. The third-order valence-electron chi connectivity index (χ3n) is 4.28. The van der Waals surface area contributed by atoms with Gasteiger partial charge in [-0.05, 0) is 54.6 Å². The minimum atomic E-state index is -0.951. The highest BCUT2D eigenvalue weighted by Crippen LogP contribution is 2.31. The Morgan fingerprint density at radius 1 is 1.16 bits per heavy atom. The summed E-state index contributed by atoms with van der Waals surface area (Å²) in [5.41, 5.74) is 3.40. The standard InChI is InChI=1S/C15H12N2O3.C8H6Cl2O2/c1-16-11-6-7-13-12(8-11)17-14(20-13)9-2-4-10(5-3-9)15(18)19;9-6-2-1-3-7(8(6)10)12-5-4-11/h2-8,16H,1H3,(H,18,19);1-4H,5H2. The van der Waals surface area contributed by atoms with E-state index in [0.29, 0.717) is 33.6 Å². The number of aldehydes is 1. The molecule has 0 atom stereocenters. The zero-order valence-electron chi connectivity index (χ0n) is 16.8. The van der Waals surface area contributed by atoms with Crippen LogP contribution in [0, 0.1) is 0 Å². The van der Waals surface area contributed by atoms with Gasteiger partial charge in [-0.2, -0.15) is 0 Å². The molecule has 9 heteroatoms. The molecule has 1 heterocycles. The van der Waals surface area contributed by atoms with E-state index >= 15 is 0 Å². The molecule has 0 spiro atoms. The van der Waals surface area contributed by atoms with Crippen molar-refractivity contribution in [1.82, 2.24) is 4.98 Å². The van der Waals surface area contributed by atoms with Gasteiger partial charge in [0.15, 0.2) is 11.9 Å². The molecule has 0 radical (unpaired) electrons. The normalized spacial score (nSPS) is 10.2. The summed E-state index contributed by atoms with van der Waals surface area (Å²) in [6.45, 7) is -0.0138. The maximum atomic E-state index is 10.8. The van der Waals surface area contributed by atoms with Crippen LogP contribution < -0.4 is 10.1 Å². The third-order valence-corrected chi connectivity index (χ3v) is 5.08. The fourth-order valence-electron chi connectivity index (χ4n) is 2.68. The highest BCUT2D eigenvalue weighted by molar-refractivity contribution is 6.42. The Morgan fingerprint density at radius 2 is 1.91 bits per heavy atom. The maximum absolute atomic E-state index is 10.8. The van der Waals surface area contributed by atoms with Gasteiger partial charge >= 0.3 is 5.97 Å². The number of benzene rings is 3.